The van der Waals surface area contributed by atoms with E-state index >= 15 is 0 Å². The summed E-state index contributed by atoms with van der Waals surface area (Å²) in [4.78, 5) is 16.1. The molecule has 128 valence electrons. The van der Waals surface area contributed by atoms with Gasteiger partial charge in [-0.15, -0.1) is 5.10 Å². The van der Waals surface area contributed by atoms with Gasteiger partial charge in [0.2, 0.25) is 5.95 Å². The number of hydrogen-bond donors (Lipinski definition) is 2. The summed E-state index contributed by atoms with van der Waals surface area (Å²) >= 11 is 0. The van der Waals surface area contributed by atoms with Gasteiger partial charge in [0.05, 0.1) is 6.54 Å². The maximum Gasteiger partial charge on any atom is 0.326 e. The SMILES string of the molecule is Cc1ccc(NC(=O)Nc2ncn(Cc3ccc(F)cc3)n2)c(C)c1. The summed E-state index contributed by atoms with van der Waals surface area (Å²) in [6.07, 6.45) is 1.51. The van der Waals surface area contributed by atoms with Crippen molar-refractivity contribution in [3.63, 3.8) is 0 Å². The van der Waals surface area contributed by atoms with Gasteiger partial charge in [-0.05, 0) is 43.2 Å². The summed E-state index contributed by atoms with van der Waals surface area (Å²) in [5.41, 5.74) is 3.72. The number of halogens is 1. The van der Waals surface area contributed by atoms with E-state index in [4.69, 9.17) is 0 Å². The predicted octanol–water partition coefficient (Wildman–Crippen LogP) is 3.73. The lowest BCUT2D eigenvalue weighted by molar-refractivity contribution is 0.262. The summed E-state index contributed by atoms with van der Waals surface area (Å²) in [5.74, 6) is -0.0860. The fourth-order valence-corrected chi connectivity index (χ4v) is 2.41. The highest BCUT2D eigenvalue weighted by Gasteiger charge is 2.08. The van der Waals surface area contributed by atoms with Crippen LogP contribution in [0.1, 0.15) is 16.7 Å². The molecule has 1 aromatic heterocycles. The van der Waals surface area contributed by atoms with Gasteiger partial charge in [-0.1, -0.05) is 29.8 Å². The highest BCUT2D eigenvalue weighted by Crippen LogP contribution is 2.16. The minimum Gasteiger partial charge on any atom is -0.307 e. The molecule has 6 nitrogen and oxygen atoms in total. The molecule has 0 aliphatic rings. The number of aromatic nitrogens is 3. The lowest BCUT2D eigenvalue weighted by Gasteiger charge is -2.08. The average molecular weight is 339 g/mol. The van der Waals surface area contributed by atoms with Crippen LogP contribution in [0.4, 0.5) is 20.8 Å². The Morgan fingerprint density at radius 3 is 2.60 bits per heavy atom. The molecule has 2 N–H and O–H groups in total. The molecule has 1 heterocycles. The number of benzene rings is 2. The Kier molecular flexibility index (Phi) is 4.74. The second kappa shape index (κ2) is 7.12. The molecule has 0 spiro atoms. The second-order valence-electron chi connectivity index (χ2n) is 5.79. The van der Waals surface area contributed by atoms with Crippen molar-refractivity contribution < 1.29 is 9.18 Å². The van der Waals surface area contributed by atoms with Crippen LogP contribution < -0.4 is 10.6 Å². The van der Waals surface area contributed by atoms with Crippen LogP contribution >= 0.6 is 0 Å². The first-order chi connectivity index (χ1) is 12.0. The minimum absolute atomic E-state index is 0.198. The molecule has 3 aromatic rings. The van der Waals surface area contributed by atoms with Crippen molar-refractivity contribution in [2.24, 2.45) is 0 Å². The fourth-order valence-electron chi connectivity index (χ4n) is 2.41. The molecular formula is C18H18FN5O. The molecule has 0 fully saturated rings. The third-order valence-electron chi connectivity index (χ3n) is 3.65. The lowest BCUT2D eigenvalue weighted by atomic mass is 10.1. The first-order valence-electron chi connectivity index (χ1n) is 7.79. The molecule has 7 heteroatoms. The van der Waals surface area contributed by atoms with Crippen molar-refractivity contribution in [2.75, 3.05) is 10.6 Å². The fraction of sp³-hybridized carbons (Fsp3) is 0.167. The van der Waals surface area contributed by atoms with Crippen molar-refractivity contribution >= 4 is 17.7 Å². The van der Waals surface area contributed by atoms with Gasteiger partial charge < -0.3 is 5.32 Å². The van der Waals surface area contributed by atoms with Crippen LogP contribution in [-0.2, 0) is 6.54 Å². The molecule has 0 radical (unpaired) electrons. The van der Waals surface area contributed by atoms with E-state index in [1.807, 2.05) is 32.0 Å². The first-order valence-corrected chi connectivity index (χ1v) is 7.79. The maximum absolute atomic E-state index is 12.9. The van der Waals surface area contributed by atoms with Crippen LogP contribution in [0.25, 0.3) is 0 Å². The Balaban J connectivity index is 1.60. The van der Waals surface area contributed by atoms with Crippen molar-refractivity contribution in [3.05, 3.63) is 71.3 Å². The molecule has 0 saturated carbocycles. The number of carbonyl (C=O) groups excluding carboxylic acids is 1. The van der Waals surface area contributed by atoms with Crippen molar-refractivity contribution in [1.29, 1.82) is 0 Å². The van der Waals surface area contributed by atoms with Gasteiger partial charge in [-0.3, -0.25) is 5.32 Å². The molecule has 0 aliphatic carbocycles. The number of anilines is 2. The number of hydrogen-bond acceptors (Lipinski definition) is 3. The number of carbonyl (C=O) groups is 1. The average Bonchev–Trinajstić information content (AvgIpc) is 2.99. The zero-order valence-corrected chi connectivity index (χ0v) is 14.0. The number of aryl methyl sites for hydroxylation is 2. The molecule has 0 saturated heterocycles. The van der Waals surface area contributed by atoms with E-state index in [9.17, 15) is 9.18 Å². The van der Waals surface area contributed by atoms with Gasteiger partial charge in [0.1, 0.15) is 12.1 Å². The van der Waals surface area contributed by atoms with E-state index < -0.39 is 6.03 Å². The molecule has 0 bridgehead atoms. The Labute approximate surface area is 144 Å². The molecule has 3 rings (SSSR count). The Bertz CT molecular complexity index is 889. The monoisotopic (exact) mass is 339 g/mol. The van der Waals surface area contributed by atoms with Crippen LogP contribution in [0.3, 0.4) is 0 Å². The maximum atomic E-state index is 12.9. The largest absolute Gasteiger partial charge is 0.326 e. The van der Waals surface area contributed by atoms with Gasteiger partial charge in [0, 0.05) is 5.69 Å². The molecule has 0 atom stereocenters. The molecule has 25 heavy (non-hydrogen) atoms. The van der Waals surface area contributed by atoms with Gasteiger partial charge in [0.25, 0.3) is 0 Å². The summed E-state index contributed by atoms with van der Waals surface area (Å²) in [6.45, 7) is 4.36. The normalized spacial score (nSPS) is 10.5. The number of rotatable bonds is 4. The quantitative estimate of drug-likeness (QED) is 0.761. The Hall–Kier alpha value is -3.22. The standard InChI is InChI=1S/C18H18FN5O/c1-12-3-8-16(13(2)9-12)21-18(25)22-17-20-11-24(23-17)10-14-4-6-15(19)7-5-14/h3-9,11H,10H2,1-2H3,(H2,21,22,23,25). The number of urea groups is 1. The van der Waals surface area contributed by atoms with E-state index in [-0.39, 0.29) is 11.8 Å². The third kappa shape index (κ3) is 4.41. The zero-order chi connectivity index (χ0) is 17.8. The summed E-state index contributed by atoms with van der Waals surface area (Å²) in [5, 5.41) is 9.55. The second-order valence-corrected chi connectivity index (χ2v) is 5.79. The van der Waals surface area contributed by atoms with Crippen LogP contribution in [-0.4, -0.2) is 20.8 Å². The van der Waals surface area contributed by atoms with E-state index in [0.29, 0.717) is 6.54 Å². The van der Waals surface area contributed by atoms with Crippen molar-refractivity contribution in [3.8, 4) is 0 Å². The highest BCUT2D eigenvalue weighted by molar-refractivity contribution is 5.99. The van der Waals surface area contributed by atoms with Crippen LogP contribution in [0.2, 0.25) is 0 Å². The van der Waals surface area contributed by atoms with Crippen molar-refractivity contribution in [1.82, 2.24) is 14.8 Å². The van der Waals surface area contributed by atoms with E-state index in [0.717, 1.165) is 22.4 Å². The molecular weight excluding hydrogens is 321 g/mol. The predicted molar refractivity (Wildman–Crippen MR) is 94.1 cm³/mol. The third-order valence-corrected chi connectivity index (χ3v) is 3.65. The smallest absolute Gasteiger partial charge is 0.307 e. The minimum atomic E-state index is -0.411. The molecule has 0 aliphatic heterocycles. The summed E-state index contributed by atoms with van der Waals surface area (Å²) < 4.78 is 14.5. The Morgan fingerprint density at radius 2 is 1.88 bits per heavy atom. The molecule has 2 amide bonds. The first kappa shape index (κ1) is 16.6. The molecule has 0 unspecified atom stereocenters. The van der Waals surface area contributed by atoms with Crippen LogP contribution in [0.5, 0.6) is 0 Å². The Morgan fingerprint density at radius 1 is 1.12 bits per heavy atom. The molecule has 2 aromatic carbocycles. The van der Waals surface area contributed by atoms with E-state index in [1.165, 1.54) is 18.5 Å². The van der Waals surface area contributed by atoms with E-state index in [1.54, 1.807) is 16.8 Å². The van der Waals surface area contributed by atoms with Gasteiger partial charge in [0.15, 0.2) is 0 Å². The lowest BCUT2D eigenvalue weighted by Crippen LogP contribution is -2.21. The zero-order valence-electron chi connectivity index (χ0n) is 14.0. The number of nitrogens with one attached hydrogen (secondary N) is 2. The van der Waals surface area contributed by atoms with Gasteiger partial charge in [-0.2, -0.15) is 0 Å². The summed E-state index contributed by atoms with van der Waals surface area (Å²) in [6, 6.07) is 11.5. The van der Waals surface area contributed by atoms with E-state index in [2.05, 4.69) is 20.7 Å². The van der Waals surface area contributed by atoms with Crippen molar-refractivity contribution in [2.45, 2.75) is 20.4 Å². The summed E-state index contributed by atoms with van der Waals surface area (Å²) in [7, 11) is 0. The highest BCUT2D eigenvalue weighted by atomic mass is 19.1. The number of amides is 2. The van der Waals surface area contributed by atoms with Crippen LogP contribution in [0.15, 0.2) is 48.8 Å². The van der Waals surface area contributed by atoms with Crippen LogP contribution in [0, 0.1) is 19.7 Å². The van der Waals surface area contributed by atoms with Gasteiger partial charge >= 0.3 is 6.03 Å². The topological polar surface area (TPSA) is 71.8 Å². The number of nitrogens with zero attached hydrogens (tertiary/aromatic N) is 3. The van der Waals surface area contributed by atoms with Gasteiger partial charge in [-0.25, -0.2) is 18.9 Å².